The van der Waals surface area contributed by atoms with E-state index in [1.54, 1.807) is 0 Å². The number of hydrogen-bond donors (Lipinski definition) is 2. The molecule has 2 aliphatic rings. The predicted octanol–water partition coefficient (Wildman–Crippen LogP) is 3.90. The van der Waals surface area contributed by atoms with Crippen molar-refractivity contribution in [1.82, 2.24) is 15.5 Å². The Kier molecular flexibility index (Phi) is 9.64. The Bertz CT molecular complexity index is 930. The van der Waals surface area contributed by atoms with Gasteiger partial charge in [-0.2, -0.15) is 0 Å². The van der Waals surface area contributed by atoms with Crippen LogP contribution in [0.15, 0.2) is 47.5 Å². The zero-order chi connectivity index (χ0) is 22.3. The normalized spacial score (nSPS) is 20.3. The van der Waals surface area contributed by atoms with Crippen LogP contribution >= 0.6 is 24.0 Å². The second kappa shape index (κ2) is 12.4. The first-order chi connectivity index (χ1) is 15.6. The first-order valence-electron chi connectivity index (χ1n) is 11.5. The topological polar surface area (TPSA) is 67.4 Å². The van der Waals surface area contributed by atoms with Crippen molar-refractivity contribution in [1.29, 1.82) is 0 Å². The summed E-state index contributed by atoms with van der Waals surface area (Å²) in [7, 11) is 0. The minimum atomic E-state index is 0. The van der Waals surface area contributed by atoms with E-state index in [0.29, 0.717) is 6.54 Å². The molecular formula is C25H35IN4O3. The van der Waals surface area contributed by atoms with Gasteiger partial charge in [-0.25, -0.2) is 4.99 Å². The quantitative estimate of drug-likeness (QED) is 0.301. The average Bonchev–Trinajstić information content (AvgIpc) is 3.24. The minimum absolute atomic E-state index is 0. The molecule has 8 heteroatoms. The molecule has 0 radical (unpaired) electrons. The first-order valence-corrected chi connectivity index (χ1v) is 11.5. The third-order valence-electron chi connectivity index (χ3n) is 5.65. The van der Waals surface area contributed by atoms with Crippen LogP contribution in [-0.4, -0.2) is 49.5 Å². The van der Waals surface area contributed by atoms with Gasteiger partial charge in [0.2, 0.25) is 6.79 Å². The van der Waals surface area contributed by atoms with Crippen molar-refractivity contribution >= 4 is 29.9 Å². The summed E-state index contributed by atoms with van der Waals surface area (Å²) in [4.78, 5) is 7.24. The lowest BCUT2D eigenvalue weighted by atomic mass is 10.1. The van der Waals surface area contributed by atoms with Crippen LogP contribution in [0.5, 0.6) is 11.5 Å². The third kappa shape index (κ3) is 7.22. The van der Waals surface area contributed by atoms with Crippen LogP contribution in [0.3, 0.4) is 0 Å². The SMILES string of the molecule is CCNC(=NCc1ccc2c(c1)OCO2)NCc1ccccc1CN1CC(C)OC(C)C1.I. The molecule has 1 saturated heterocycles. The van der Waals surface area contributed by atoms with Gasteiger partial charge in [-0.1, -0.05) is 30.3 Å². The predicted molar refractivity (Wildman–Crippen MR) is 141 cm³/mol. The van der Waals surface area contributed by atoms with Crippen molar-refractivity contribution in [2.45, 2.75) is 52.6 Å². The van der Waals surface area contributed by atoms with Crippen LogP contribution in [0.1, 0.15) is 37.5 Å². The second-order valence-electron chi connectivity index (χ2n) is 8.46. The summed E-state index contributed by atoms with van der Waals surface area (Å²) in [6.07, 6.45) is 0.542. The molecule has 2 aromatic carbocycles. The Morgan fingerprint density at radius 1 is 1.00 bits per heavy atom. The molecule has 33 heavy (non-hydrogen) atoms. The Hall–Kier alpha value is -2.04. The van der Waals surface area contributed by atoms with Gasteiger partial charge in [-0.15, -0.1) is 24.0 Å². The van der Waals surface area contributed by atoms with Crippen LogP contribution < -0.4 is 20.1 Å². The highest BCUT2D eigenvalue weighted by atomic mass is 127. The van der Waals surface area contributed by atoms with Gasteiger partial charge in [0.15, 0.2) is 17.5 Å². The lowest BCUT2D eigenvalue weighted by molar-refractivity contribution is -0.0705. The highest BCUT2D eigenvalue weighted by molar-refractivity contribution is 14.0. The molecule has 0 bridgehead atoms. The number of fused-ring (bicyclic) bond motifs is 1. The Morgan fingerprint density at radius 3 is 2.48 bits per heavy atom. The van der Waals surface area contributed by atoms with Gasteiger partial charge >= 0.3 is 0 Å². The summed E-state index contributed by atoms with van der Waals surface area (Å²) < 4.78 is 16.7. The van der Waals surface area contributed by atoms with Crippen molar-refractivity contribution < 1.29 is 14.2 Å². The molecule has 0 aliphatic carbocycles. The van der Waals surface area contributed by atoms with Gasteiger partial charge in [-0.05, 0) is 49.6 Å². The maximum Gasteiger partial charge on any atom is 0.231 e. The molecule has 2 aliphatic heterocycles. The van der Waals surface area contributed by atoms with E-state index in [0.717, 1.165) is 55.7 Å². The monoisotopic (exact) mass is 566 g/mol. The van der Waals surface area contributed by atoms with E-state index in [1.807, 2.05) is 18.2 Å². The molecule has 0 aromatic heterocycles. The fourth-order valence-corrected chi connectivity index (χ4v) is 4.27. The standard InChI is InChI=1S/C25H34N4O3.HI/c1-4-26-25(27-12-20-9-10-23-24(11-20)31-17-30-23)28-13-21-7-5-6-8-22(21)16-29-14-18(2)32-19(3)15-29;/h5-11,18-19H,4,12-17H2,1-3H3,(H2,26,27,28);1H. The molecule has 2 unspecified atom stereocenters. The van der Waals surface area contributed by atoms with Crippen LogP contribution in [0, 0.1) is 0 Å². The third-order valence-corrected chi connectivity index (χ3v) is 5.65. The van der Waals surface area contributed by atoms with Gasteiger partial charge in [0.05, 0.1) is 18.8 Å². The van der Waals surface area contributed by atoms with Crippen LogP contribution in [-0.2, 0) is 24.4 Å². The number of morpholine rings is 1. The lowest BCUT2D eigenvalue weighted by Crippen LogP contribution is -2.45. The maximum atomic E-state index is 5.89. The van der Waals surface area contributed by atoms with Crippen molar-refractivity contribution in [3.63, 3.8) is 0 Å². The Labute approximate surface area is 213 Å². The number of benzene rings is 2. The summed E-state index contributed by atoms with van der Waals surface area (Å²) in [5, 5.41) is 6.84. The van der Waals surface area contributed by atoms with E-state index in [1.165, 1.54) is 11.1 Å². The van der Waals surface area contributed by atoms with E-state index in [9.17, 15) is 0 Å². The van der Waals surface area contributed by atoms with Gasteiger partial charge in [0.25, 0.3) is 0 Å². The molecule has 7 nitrogen and oxygen atoms in total. The summed E-state index contributed by atoms with van der Waals surface area (Å²) in [5.41, 5.74) is 3.71. The van der Waals surface area contributed by atoms with Gasteiger partial charge in [-0.3, -0.25) is 4.90 Å². The molecule has 2 heterocycles. The summed E-state index contributed by atoms with van der Waals surface area (Å²) in [5.74, 6) is 2.38. The molecule has 0 saturated carbocycles. The number of guanidine groups is 1. The Morgan fingerprint density at radius 2 is 1.73 bits per heavy atom. The summed E-state index contributed by atoms with van der Waals surface area (Å²) in [6, 6.07) is 14.6. The summed E-state index contributed by atoms with van der Waals surface area (Å²) in [6.45, 7) is 11.6. The van der Waals surface area contributed by atoms with Crippen molar-refractivity contribution in [2.24, 2.45) is 4.99 Å². The fourth-order valence-electron chi connectivity index (χ4n) is 4.27. The van der Waals surface area contributed by atoms with E-state index in [2.05, 4.69) is 60.6 Å². The molecule has 2 aromatic rings. The van der Waals surface area contributed by atoms with E-state index in [4.69, 9.17) is 19.2 Å². The number of ether oxygens (including phenoxy) is 3. The molecule has 0 spiro atoms. The number of hydrogen-bond acceptors (Lipinski definition) is 5. The number of rotatable bonds is 7. The van der Waals surface area contributed by atoms with Gasteiger partial charge < -0.3 is 24.8 Å². The molecule has 4 rings (SSSR count). The zero-order valence-electron chi connectivity index (χ0n) is 19.7. The van der Waals surface area contributed by atoms with Crippen LogP contribution in [0.2, 0.25) is 0 Å². The van der Waals surface area contributed by atoms with E-state index < -0.39 is 0 Å². The average molecular weight is 566 g/mol. The molecule has 1 fully saturated rings. The van der Waals surface area contributed by atoms with Crippen molar-refractivity contribution in [2.75, 3.05) is 26.4 Å². The lowest BCUT2D eigenvalue weighted by Gasteiger charge is -2.35. The number of nitrogens with zero attached hydrogens (tertiary/aromatic N) is 2. The molecule has 180 valence electrons. The molecule has 0 amide bonds. The highest BCUT2D eigenvalue weighted by Crippen LogP contribution is 2.32. The van der Waals surface area contributed by atoms with E-state index in [-0.39, 0.29) is 43.0 Å². The van der Waals surface area contributed by atoms with Crippen molar-refractivity contribution in [3.05, 3.63) is 59.2 Å². The largest absolute Gasteiger partial charge is 0.454 e. The minimum Gasteiger partial charge on any atom is -0.454 e. The number of nitrogens with one attached hydrogen (secondary N) is 2. The maximum absolute atomic E-state index is 5.89. The fraction of sp³-hybridized carbons (Fsp3) is 0.480. The van der Waals surface area contributed by atoms with Gasteiger partial charge in [0.1, 0.15) is 0 Å². The Balaban J connectivity index is 0.00000306. The van der Waals surface area contributed by atoms with Crippen LogP contribution in [0.4, 0.5) is 0 Å². The van der Waals surface area contributed by atoms with Gasteiger partial charge in [0, 0.05) is 32.7 Å². The highest BCUT2D eigenvalue weighted by Gasteiger charge is 2.22. The van der Waals surface area contributed by atoms with E-state index >= 15 is 0 Å². The summed E-state index contributed by atoms with van der Waals surface area (Å²) >= 11 is 0. The molecule has 2 N–H and O–H groups in total. The van der Waals surface area contributed by atoms with Crippen molar-refractivity contribution in [3.8, 4) is 11.5 Å². The molecule has 2 atom stereocenters. The smallest absolute Gasteiger partial charge is 0.231 e. The zero-order valence-corrected chi connectivity index (χ0v) is 22.0. The second-order valence-corrected chi connectivity index (χ2v) is 8.46. The first kappa shape index (κ1) is 25.6. The number of aliphatic imine (C=N–C) groups is 1. The van der Waals surface area contributed by atoms with Crippen LogP contribution in [0.25, 0.3) is 0 Å². The number of halogens is 1. The molecular weight excluding hydrogens is 531 g/mol.